The first-order valence-electron chi connectivity index (χ1n) is 13.7. The average Bonchev–Trinajstić information content (AvgIpc) is 2.72. The lowest BCUT2D eigenvalue weighted by Crippen LogP contribution is -2.18. The minimum Gasteiger partial charge on any atom is -0.0654 e. The van der Waals surface area contributed by atoms with Gasteiger partial charge in [0.1, 0.15) is 0 Å². The van der Waals surface area contributed by atoms with Crippen LogP contribution in [0.25, 0.3) is 0 Å². The second-order valence-corrected chi connectivity index (χ2v) is 9.72. The molecule has 0 amide bonds. The molecule has 28 heavy (non-hydrogen) atoms. The normalized spacial score (nSPS) is 12.0. The van der Waals surface area contributed by atoms with Gasteiger partial charge in [0, 0.05) is 0 Å². The first-order valence-corrected chi connectivity index (χ1v) is 13.7. The number of hydrogen-bond acceptors (Lipinski definition) is 0. The van der Waals surface area contributed by atoms with Crippen LogP contribution in [-0.4, -0.2) is 0 Å². The van der Waals surface area contributed by atoms with E-state index in [9.17, 15) is 0 Å². The molecule has 0 nitrogen and oxygen atoms in total. The van der Waals surface area contributed by atoms with E-state index in [1.165, 1.54) is 148 Å². The van der Waals surface area contributed by atoms with E-state index in [4.69, 9.17) is 0 Å². The fourth-order valence-corrected chi connectivity index (χ4v) is 4.88. The largest absolute Gasteiger partial charge is 0.0654 e. The Labute approximate surface area is 181 Å². The zero-order chi connectivity index (χ0) is 20.8. The van der Waals surface area contributed by atoms with Gasteiger partial charge in [-0.25, -0.2) is 0 Å². The van der Waals surface area contributed by atoms with E-state index in [1.807, 2.05) is 0 Å². The van der Waals surface area contributed by atoms with Crippen LogP contribution in [0.1, 0.15) is 175 Å². The zero-order valence-electron chi connectivity index (χ0n) is 20.8. The molecule has 0 saturated heterocycles. The molecule has 0 radical (unpaired) electrons. The molecule has 0 aliphatic carbocycles. The number of unbranched alkanes of at least 4 members (excludes halogenated alkanes) is 17. The fourth-order valence-electron chi connectivity index (χ4n) is 4.88. The van der Waals surface area contributed by atoms with Crippen LogP contribution in [0, 0.1) is 5.41 Å². The van der Waals surface area contributed by atoms with E-state index in [-0.39, 0.29) is 0 Å². The number of rotatable bonds is 23. The van der Waals surface area contributed by atoms with E-state index in [0.29, 0.717) is 5.41 Å². The van der Waals surface area contributed by atoms with Gasteiger partial charge in [-0.15, -0.1) is 0 Å². The molecule has 0 atom stereocenters. The predicted molar refractivity (Wildman–Crippen MR) is 131 cm³/mol. The van der Waals surface area contributed by atoms with Crippen molar-refractivity contribution in [2.75, 3.05) is 0 Å². The van der Waals surface area contributed by atoms with E-state index in [0.717, 1.165) is 0 Å². The highest BCUT2D eigenvalue weighted by atomic mass is 14.3. The van der Waals surface area contributed by atoms with Crippen molar-refractivity contribution in [1.29, 1.82) is 0 Å². The van der Waals surface area contributed by atoms with Gasteiger partial charge in [-0.1, -0.05) is 163 Å². The van der Waals surface area contributed by atoms with Crippen molar-refractivity contribution in [2.24, 2.45) is 5.41 Å². The monoisotopic (exact) mass is 394 g/mol. The predicted octanol–water partition coefficient (Wildman–Crippen LogP) is 11.0. The summed E-state index contributed by atoms with van der Waals surface area (Å²) < 4.78 is 0. The van der Waals surface area contributed by atoms with Crippen LogP contribution in [0.5, 0.6) is 0 Å². The standard InChI is InChI=1S/C28H58/c1-5-9-11-12-13-14-15-16-17-18-19-20-21-22-23-25-27-28(7-3,8-4)26-24-10-6-2/h5-27H2,1-4H3. The second kappa shape index (κ2) is 21.7. The SMILES string of the molecule is CCCCCCCCCCCCCCCCCCC(CC)(CC)CCCCC. The molecular weight excluding hydrogens is 336 g/mol. The summed E-state index contributed by atoms with van der Waals surface area (Å²) >= 11 is 0. The third-order valence-electron chi connectivity index (χ3n) is 7.37. The summed E-state index contributed by atoms with van der Waals surface area (Å²) in [6, 6.07) is 0. The van der Waals surface area contributed by atoms with Crippen molar-refractivity contribution in [1.82, 2.24) is 0 Å². The van der Waals surface area contributed by atoms with Crippen LogP contribution in [0.3, 0.4) is 0 Å². The molecule has 0 aromatic carbocycles. The molecule has 0 N–H and O–H groups in total. The molecule has 0 spiro atoms. The van der Waals surface area contributed by atoms with Crippen LogP contribution in [0.4, 0.5) is 0 Å². The fraction of sp³-hybridized carbons (Fsp3) is 1.00. The van der Waals surface area contributed by atoms with Crippen LogP contribution in [0.2, 0.25) is 0 Å². The van der Waals surface area contributed by atoms with E-state index in [1.54, 1.807) is 0 Å². The molecule has 0 fully saturated rings. The zero-order valence-corrected chi connectivity index (χ0v) is 20.8. The Hall–Kier alpha value is 0. The first-order chi connectivity index (χ1) is 13.7. The summed E-state index contributed by atoms with van der Waals surface area (Å²) in [7, 11) is 0. The maximum absolute atomic E-state index is 2.43. The Morgan fingerprint density at radius 1 is 0.321 bits per heavy atom. The van der Waals surface area contributed by atoms with Crippen molar-refractivity contribution in [3.63, 3.8) is 0 Å². The molecule has 0 saturated carbocycles. The molecule has 0 heteroatoms. The van der Waals surface area contributed by atoms with Gasteiger partial charge in [-0.05, 0) is 18.3 Å². The third kappa shape index (κ3) is 16.9. The van der Waals surface area contributed by atoms with Gasteiger partial charge in [0.2, 0.25) is 0 Å². The third-order valence-corrected chi connectivity index (χ3v) is 7.37. The maximum atomic E-state index is 2.43. The molecule has 0 aromatic heterocycles. The van der Waals surface area contributed by atoms with Gasteiger partial charge >= 0.3 is 0 Å². The highest BCUT2D eigenvalue weighted by Gasteiger charge is 2.24. The minimum absolute atomic E-state index is 0.672. The van der Waals surface area contributed by atoms with Crippen LogP contribution < -0.4 is 0 Å². The molecule has 0 heterocycles. The Bertz CT molecular complexity index is 276. The topological polar surface area (TPSA) is 0 Å². The van der Waals surface area contributed by atoms with Gasteiger partial charge in [-0.3, -0.25) is 0 Å². The Kier molecular flexibility index (Phi) is 21.7. The van der Waals surface area contributed by atoms with Crippen molar-refractivity contribution in [3.8, 4) is 0 Å². The second-order valence-electron chi connectivity index (χ2n) is 9.72. The lowest BCUT2D eigenvalue weighted by Gasteiger charge is -2.32. The molecule has 170 valence electrons. The summed E-state index contributed by atoms with van der Waals surface area (Å²) in [4.78, 5) is 0. The molecule has 0 rings (SSSR count). The van der Waals surface area contributed by atoms with E-state index < -0.39 is 0 Å². The highest BCUT2D eigenvalue weighted by Crippen LogP contribution is 2.38. The lowest BCUT2D eigenvalue weighted by molar-refractivity contribution is 0.203. The number of hydrogen-bond donors (Lipinski definition) is 0. The maximum Gasteiger partial charge on any atom is -0.0303 e. The van der Waals surface area contributed by atoms with E-state index >= 15 is 0 Å². The average molecular weight is 395 g/mol. The van der Waals surface area contributed by atoms with Crippen molar-refractivity contribution >= 4 is 0 Å². The molecule has 0 unspecified atom stereocenters. The van der Waals surface area contributed by atoms with Gasteiger partial charge in [-0.2, -0.15) is 0 Å². The van der Waals surface area contributed by atoms with Gasteiger partial charge in [0.05, 0.1) is 0 Å². The van der Waals surface area contributed by atoms with Crippen LogP contribution in [-0.2, 0) is 0 Å². The van der Waals surface area contributed by atoms with Gasteiger partial charge in [0.25, 0.3) is 0 Å². The highest BCUT2D eigenvalue weighted by molar-refractivity contribution is 4.76. The smallest absolute Gasteiger partial charge is 0.0303 e. The molecular formula is C28H58. The van der Waals surface area contributed by atoms with Crippen LogP contribution in [0.15, 0.2) is 0 Å². The summed E-state index contributed by atoms with van der Waals surface area (Å²) in [5, 5.41) is 0. The quantitative estimate of drug-likeness (QED) is 0.151. The minimum atomic E-state index is 0.672. The Morgan fingerprint density at radius 2 is 0.571 bits per heavy atom. The summed E-state index contributed by atoms with van der Waals surface area (Å²) in [5.74, 6) is 0. The van der Waals surface area contributed by atoms with Crippen molar-refractivity contribution in [2.45, 2.75) is 175 Å². The van der Waals surface area contributed by atoms with Crippen LogP contribution >= 0.6 is 0 Å². The Morgan fingerprint density at radius 3 is 0.893 bits per heavy atom. The molecule has 0 aliphatic rings. The molecule has 0 aromatic rings. The van der Waals surface area contributed by atoms with E-state index in [2.05, 4.69) is 27.7 Å². The lowest BCUT2D eigenvalue weighted by atomic mass is 9.74. The summed E-state index contributed by atoms with van der Waals surface area (Å²) in [5.41, 5.74) is 0.672. The van der Waals surface area contributed by atoms with Crippen molar-refractivity contribution in [3.05, 3.63) is 0 Å². The van der Waals surface area contributed by atoms with Crippen molar-refractivity contribution < 1.29 is 0 Å². The van der Waals surface area contributed by atoms with Gasteiger partial charge in [0.15, 0.2) is 0 Å². The summed E-state index contributed by atoms with van der Waals surface area (Å²) in [6.45, 7) is 9.50. The molecule has 0 bridgehead atoms. The molecule has 0 aliphatic heterocycles. The first kappa shape index (κ1) is 28.0. The summed E-state index contributed by atoms with van der Waals surface area (Å²) in [6.07, 6.45) is 33.6. The Balaban J connectivity index is 3.40. The van der Waals surface area contributed by atoms with Gasteiger partial charge < -0.3 is 0 Å².